The molecular weight excluding hydrogens is 787 g/mol. The van der Waals surface area contributed by atoms with Crippen LogP contribution in [0.15, 0.2) is 70.2 Å². The third-order valence-corrected chi connectivity index (χ3v) is 13.0. The van der Waals surface area contributed by atoms with Crippen molar-refractivity contribution in [2.75, 3.05) is 18.6 Å². The number of rotatable bonds is 14. The molecule has 6 rings (SSSR count). The summed E-state index contributed by atoms with van der Waals surface area (Å²) in [5.41, 5.74) is 2.75. The van der Waals surface area contributed by atoms with Gasteiger partial charge in [-0.25, -0.2) is 13.2 Å². The molecule has 2 unspecified atom stereocenters. The normalized spacial score (nSPS) is 16.7. The van der Waals surface area contributed by atoms with Gasteiger partial charge in [-0.3, -0.25) is 14.4 Å². The number of carbonyl (C=O) groups is 4. The number of halogens is 2. The molecule has 2 aliphatic heterocycles. The number of fused-ring (bicyclic) bond motifs is 2. The average Bonchev–Trinajstić information content (AvgIpc) is 3.84. The van der Waals surface area contributed by atoms with E-state index in [4.69, 9.17) is 37.1 Å². The molecule has 2 aliphatic rings. The van der Waals surface area contributed by atoms with Crippen LogP contribution < -0.4 is 5.32 Å². The Morgan fingerprint density at radius 2 is 1.87 bits per heavy atom. The zero-order valence-electron chi connectivity index (χ0n) is 30.5. The van der Waals surface area contributed by atoms with Crippen molar-refractivity contribution < 1.29 is 41.5 Å². The highest BCUT2D eigenvalue weighted by Gasteiger charge is 2.31. The highest BCUT2D eigenvalue weighted by Crippen LogP contribution is 2.35. The van der Waals surface area contributed by atoms with Crippen LogP contribution in [0.25, 0.3) is 11.0 Å². The van der Waals surface area contributed by atoms with E-state index in [1.807, 2.05) is 23.9 Å². The minimum absolute atomic E-state index is 0.00701. The van der Waals surface area contributed by atoms with Gasteiger partial charge in [0.05, 0.1) is 26.8 Å². The number of esters is 2. The quantitative estimate of drug-likeness (QED) is 0.0767. The standard InChI is InChI=1S/C40H42Cl2N2O9S2/c1-24(52-35(45)11-4-3-8-29-9-6-18-54-29)53-40(48)33(20-25-7-5-10-30(19-25)55(2,49)50)43-38(46)36-32(41)21-28-23-44(16-14-31(28)37(36)42)39(47)27-13-12-26-15-17-51-34(26)22-27/h5,7,10,12-13,15,17,19,21-22,24,29,33H,3-4,6,8-9,11,14,16,18,20,23H2,1-2H3,(H,43,46)/t24?,29?,33-/m0/s1. The summed E-state index contributed by atoms with van der Waals surface area (Å²) < 4.78 is 40.9. The zero-order chi connectivity index (χ0) is 39.3. The molecule has 11 nitrogen and oxygen atoms in total. The van der Waals surface area contributed by atoms with Crippen LogP contribution >= 0.6 is 35.0 Å². The van der Waals surface area contributed by atoms with E-state index >= 15 is 0 Å². The predicted octanol–water partition coefficient (Wildman–Crippen LogP) is 7.57. The van der Waals surface area contributed by atoms with Crippen LogP contribution in [-0.4, -0.2) is 73.2 Å². The van der Waals surface area contributed by atoms with Crippen molar-refractivity contribution in [3.63, 3.8) is 0 Å². The number of nitrogens with zero attached hydrogens (tertiary/aromatic N) is 1. The predicted molar refractivity (Wildman–Crippen MR) is 211 cm³/mol. The second kappa shape index (κ2) is 17.8. The molecule has 0 spiro atoms. The van der Waals surface area contributed by atoms with Crippen molar-refractivity contribution in [3.05, 3.63) is 98.7 Å². The molecule has 1 fully saturated rings. The van der Waals surface area contributed by atoms with Crippen molar-refractivity contribution in [1.29, 1.82) is 0 Å². The van der Waals surface area contributed by atoms with Crippen LogP contribution in [0.4, 0.5) is 0 Å². The van der Waals surface area contributed by atoms with Crippen molar-refractivity contribution >= 4 is 79.5 Å². The van der Waals surface area contributed by atoms with Crippen LogP contribution in [0.2, 0.25) is 10.0 Å². The van der Waals surface area contributed by atoms with Gasteiger partial charge in [0.25, 0.3) is 11.8 Å². The van der Waals surface area contributed by atoms with Gasteiger partial charge >= 0.3 is 11.9 Å². The zero-order valence-corrected chi connectivity index (χ0v) is 33.6. The van der Waals surface area contributed by atoms with E-state index in [1.54, 1.807) is 35.4 Å². The first-order chi connectivity index (χ1) is 26.3. The molecule has 0 radical (unpaired) electrons. The third kappa shape index (κ3) is 10.2. The van der Waals surface area contributed by atoms with Gasteiger partial charge in [0, 0.05) is 55.3 Å². The number of sulfone groups is 1. The first kappa shape index (κ1) is 40.6. The smallest absolute Gasteiger partial charge is 0.332 e. The van der Waals surface area contributed by atoms with E-state index in [1.165, 1.54) is 43.7 Å². The van der Waals surface area contributed by atoms with E-state index < -0.39 is 40.0 Å². The summed E-state index contributed by atoms with van der Waals surface area (Å²) in [4.78, 5) is 55.2. The number of carbonyl (C=O) groups excluding carboxylic acids is 4. The molecule has 292 valence electrons. The molecule has 3 aromatic carbocycles. The summed E-state index contributed by atoms with van der Waals surface area (Å²) in [5.74, 6) is -1.20. The summed E-state index contributed by atoms with van der Waals surface area (Å²) >= 11 is 15.5. The molecule has 4 aromatic rings. The Kier molecular flexibility index (Phi) is 13.2. The third-order valence-electron chi connectivity index (χ3n) is 9.74. The number of amides is 2. The first-order valence-electron chi connectivity index (χ1n) is 18.1. The van der Waals surface area contributed by atoms with Crippen LogP contribution in [0.1, 0.15) is 82.9 Å². The largest absolute Gasteiger partial charge is 0.464 e. The van der Waals surface area contributed by atoms with Crippen molar-refractivity contribution in [2.24, 2.45) is 0 Å². The molecular formula is C40H42Cl2N2O9S2. The van der Waals surface area contributed by atoms with Crippen LogP contribution in [0.5, 0.6) is 0 Å². The topological polar surface area (TPSA) is 149 Å². The fraction of sp³-hybridized carbons (Fsp3) is 0.400. The minimum atomic E-state index is -3.57. The molecule has 55 heavy (non-hydrogen) atoms. The Labute approximate surface area is 334 Å². The van der Waals surface area contributed by atoms with Crippen LogP contribution in [-0.2, 0) is 48.3 Å². The number of nitrogens with one attached hydrogen (secondary N) is 1. The molecule has 0 aliphatic carbocycles. The fourth-order valence-corrected chi connectivity index (χ4v) is 9.68. The highest BCUT2D eigenvalue weighted by atomic mass is 35.5. The number of unbranched alkanes of at least 4 members (excludes halogenated alkanes) is 1. The minimum Gasteiger partial charge on any atom is -0.464 e. The lowest BCUT2D eigenvalue weighted by Crippen LogP contribution is -2.45. The van der Waals surface area contributed by atoms with Gasteiger partial charge in [-0.05, 0) is 90.9 Å². The molecule has 0 bridgehead atoms. The van der Waals surface area contributed by atoms with Gasteiger partial charge in [-0.2, -0.15) is 11.8 Å². The van der Waals surface area contributed by atoms with E-state index in [0.717, 1.165) is 24.5 Å². The summed E-state index contributed by atoms with van der Waals surface area (Å²) in [7, 11) is -3.57. The Morgan fingerprint density at radius 3 is 2.64 bits per heavy atom. The fourth-order valence-electron chi connectivity index (χ4n) is 6.89. The van der Waals surface area contributed by atoms with Gasteiger partial charge in [0.2, 0.25) is 6.29 Å². The summed E-state index contributed by atoms with van der Waals surface area (Å²) in [6.45, 7) is 1.94. The second-order valence-electron chi connectivity index (χ2n) is 13.9. The number of hydrogen-bond acceptors (Lipinski definition) is 10. The van der Waals surface area contributed by atoms with Crippen molar-refractivity contribution in [1.82, 2.24) is 10.2 Å². The molecule has 15 heteroatoms. The van der Waals surface area contributed by atoms with Crippen LogP contribution in [0.3, 0.4) is 0 Å². The summed E-state index contributed by atoms with van der Waals surface area (Å²) in [5, 5.41) is 4.29. The maximum atomic E-state index is 13.9. The average molecular weight is 830 g/mol. The summed E-state index contributed by atoms with van der Waals surface area (Å²) in [6, 6.07) is 13.3. The second-order valence-corrected chi connectivity index (χ2v) is 18.1. The maximum absolute atomic E-state index is 13.9. The highest BCUT2D eigenvalue weighted by molar-refractivity contribution is 8.00. The van der Waals surface area contributed by atoms with E-state index in [2.05, 4.69) is 5.32 Å². The SMILES string of the molecule is CC(OC(=O)CCCCC1CCCS1)OC(=O)[C@H](Cc1cccc(S(C)(=O)=O)c1)NC(=O)c1c(Cl)cc2c(c1Cl)CCN(C(=O)c1ccc3ccoc3c1)C2. The number of ether oxygens (including phenoxy) is 2. The molecule has 3 atom stereocenters. The number of hydrogen-bond donors (Lipinski definition) is 1. The maximum Gasteiger partial charge on any atom is 0.332 e. The number of thioether (sulfide) groups is 1. The van der Waals surface area contributed by atoms with Gasteiger partial charge in [0.15, 0.2) is 9.84 Å². The molecule has 1 saturated heterocycles. The lowest BCUT2D eigenvalue weighted by molar-refractivity contribution is -0.185. The van der Waals surface area contributed by atoms with Crippen LogP contribution in [0, 0.1) is 0 Å². The van der Waals surface area contributed by atoms with Gasteiger partial charge in [0.1, 0.15) is 11.6 Å². The molecule has 3 heterocycles. The number of furan rings is 1. The van der Waals surface area contributed by atoms with Crippen molar-refractivity contribution in [2.45, 2.75) is 87.3 Å². The van der Waals surface area contributed by atoms with E-state index in [0.29, 0.717) is 52.5 Å². The molecule has 1 N–H and O–H groups in total. The van der Waals surface area contributed by atoms with Gasteiger partial charge in [-0.1, -0.05) is 47.8 Å². The molecule has 2 amide bonds. The van der Waals surface area contributed by atoms with Gasteiger partial charge in [-0.15, -0.1) is 0 Å². The summed E-state index contributed by atoms with van der Waals surface area (Å²) in [6.07, 6.45) is 6.77. The Bertz CT molecular complexity index is 2200. The molecule has 1 aromatic heterocycles. The lowest BCUT2D eigenvalue weighted by Gasteiger charge is -2.30. The first-order valence-corrected chi connectivity index (χ1v) is 21.8. The van der Waals surface area contributed by atoms with Crippen molar-refractivity contribution in [3.8, 4) is 0 Å². The monoisotopic (exact) mass is 828 g/mol. The van der Waals surface area contributed by atoms with E-state index in [9.17, 15) is 27.6 Å². The number of benzene rings is 3. The Balaban J connectivity index is 1.15. The molecule has 0 saturated carbocycles. The lowest BCUT2D eigenvalue weighted by atomic mass is 9.95. The van der Waals surface area contributed by atoms with E-state index in [-0.39, 0.29) is 45.8 Å². The Hall–Kier alpha value is -4.04. The van der Waals surface area contributed by atoms with Gasteiger partial charge < -0.3 is 24.1 Å². The Morgan fingerprint density at radius 1 is 1.05 bits per heavy atom.